The van der Waals surface area contributed by atoms with Gasteiger partial charge < -0.3 is 0 Å². The van der Waals surface area contributed by atoms with E-state index in [9.17, 15) is 4.79 Å². The number of para-hydroxylation sites is 1. The Morgan fingerprint density at radius 3 is 2.81 bits per heavy atom. The molecule has 3 aromatic rings. The molecule has 0 saturated heterocycles. The fourth-order valence-electron chi connectivity index (χ4n) is 1.94. The maximum absolute atomic E-state index is 12.7. The highest BCUT2D eigenvalue weighted by atomic mass is 35.5. The third-order valence-electron chi connectivity index (χ3n) is 2.84. The standard InChI is InChI=1S/C15H11ClN2OS2/c1-10(16)9-21-15-17-13-12(7-8-20-13)14(19)18(15)11-5-3-2-4-6-11/h2-8H,1,9H2. The molecule has 0 radical (unpaired) electrons. The summed E-state index contributed by atoms with van der Waals surface area (Å²) in [5.74, 6) is 0.512. The number of fused-ring (bicyclic) bond motifs is 1. The summed E-state index contributed by atoms with van der Waals surface area (Å²) >= 11 is 8.71. The Morgan fingerprint density at radius 2 is 2.10 bits per heavy atom. The summed E-state index contributed by atoms with van der Waals surface area (Å²) in [6.45, 7) is 3.68. The third kappa shape index (κ3) is 2.90. The van der Waals surface area contributed by atoms with E-state index in [1.165, 1.54) is 23.1 Å². The van der Waals surface area contributed by atoms with E-state index in [2.05, 4.69) is 11.6 Å². The van der Waals surface area contributed by atoms with Crippen LogP contribution in [0.2, 0.25) is 0 Å². The van der Waals surface area contributed by atoms with Gasteiger partial charge in [-0.2, -0.15) is 0 Å². The van der Waals surface area contributed by atoms with E-state index in [4.69, 9.17) is 11.6 Å². The van der Waals surface area contributed by atoms with Crippen LogP contribution in [-0.4, -0.2) is 15.3 Å². The molecule has 6 heteroatoms. The molecule has 21 heavy (non-hydrogen) atoms. The number of aromatic nitrogens is 2. The minimum Gasteiger partial charge on any atom is -0.268 e. The third-order valence-corrected chi connectivity index (χ3v) is 4.96. The van der Waals surface area contributed by atoms with Crippen LogP contribution in [0.15, 0.2) is 63.3 Å². The van der Waals surface area contributed by atoms with Crippen molar-refractivity contribution in [1.82, 2.24) is 9.55 Å². The maximum Gasteiger partial charge on any atom is 0.267 e. The van der Waals surface area contributed by atoms with Crippen LogP contribution in [0.3, 0.4) is 0 Å². The summed E-state index contributed by atoms with van der Waals surface area (Å²) in [7, 11) is 0. The van der Waals surface area contributed by atoms with Crippen molar-refractivity contribution in [2.75, 3.05) is 5.75 Å². The van der Waals surface area contributed by atoms with Crippen molar-refractivity contribution in [3.05, 3.63) is 63.7 Å². The van der Waals surface area contributed by atoms with E-state index in [-0.39, 0.29) is 5.56 Å². The van der Waals surface area contributed by atoms with Crippen LogP contribution in [0.4, 0.5) is 0 Å². The van der Waals surface area contributed by atoms with Crippen LogP contribution in [0.1, 0.15) is 0 Å². The highest BCUT2D eigenvalue weighted by Crippen LogP contribution is 2.25. The molecule has 0 spiro atoms. The van der Waals surface area contributed by atoms with Crippen LogP contribution < -0.4 is 5.56 Å². The van der Waals surface area contributed by atoms with Crippen molar-refractivity contribution in [2.45, 2.75) is 5.16 Å². The smallest absolute Gasteiger partial charge is 0.267 e. The van der Waals surface area contributed by atoms with Gasteiger partial charge in [0.2, 0.25) is 0 Å². The zero-order chi connectivity index (χ0) is 14.8. The van der Waals surface area contributed by atoms with Crippen LogP contribution in [0.25, 0.3) is 15.9 Å². The molecule has 0 fully saturated rings. The number of nitrogens with zero attached hydrogens (tertiary/aromatic N) is 2. The van der Waals surface area contributed by atoms with Crippen LogP contribution in [0, 0.1) is 0 Å². The molecule has 1 aromatic carbocycles. The lowest BCUT2D eigenvalue weighted by Gasteiger charge is -2.11. The summed E-state index contributed by atoms with van der Waals surface area (Å²) < 4.78 is 1.62. The first kappa shape index (κ1) is 14.4. The summed E-state index contributed by atoms with van der Waals surface area (Å²) in [5.41, 5.74) is 0.737. The summed E-state index contributed by atoms with van der Waals surface area (Å²) in [4.78, 5) is 18.1. The first-order chi connectivity index (χ1) is 10.2. The Morgan fingerprint density at radius 1 is 1.33 bits per heavy atom. The number of thiophene rings is 1. The number of thioether (sulfide) groups is 1. The molecule has 0 aliphatic heterocycles. The van der Waals surface area contributed by atoms with E-state index >= 15 is 0 Å². The predicted octanol–water partition coefficient (Wildman–Crippen LogP) is 4.29. The van der Waals surface area contributed by atoms with E-state index in [0.29, 0.717) is 21.3 Å². The fraction of sp³-hybridized carbons (Fsp3) is 0.0667. The second-order valence-electron chi connectivity index (χ2n) is 4.32. The number of hydrogen-bond donors (Lipinski definition) is 0. The van der Waals surface area contributed by atoms with Crippen molar-refractivity contribution < 1.29 is 0 Å². The maximum atomic E-state index is 12.7. The average molecular weight is 335 g/mol. The highest BCUT2D eigenvalue weighted by Gasteiger charge is 2.14. The highest BCUT2D eigenvalue weighted by molar-refractivity contribution is 7.99. The predicted molar refractivity (Wildman–Crippen MR) is 90.9 cm³/mol. The lowest BCUT2D eigenvalue weighted by atomic mass is 10.3. The molecular weight excluding hydrogens is 324 g/mol. The van der Waals surface area contributed by atoms with Crippen LogP contribution in [-0.2, 0) is 0 Å². The number of benzene rings is 1. The zero-order valence-corrected chi connectivity index (χ0v) is 13.3. The molecule has 0 aliphatic rings. The van der Waals surface area contributed by atoms with E-state index in [0.717, 1.165) is 10.5 Å². The summed E-state index contributed by atoms with van der Waals surface area (Å²) in [6, 6.07) is 11.3. The Bertz CT molecular complexity index is 855. The van der Waals surface area contributed by atoms with Crippen molar-refractivity contribution in [2.24, 2.45) is 0 Å². The van der Waals surface area contributed by atoms with Crippen molar-refractivity contribution in [3.63, 3.8) is 0 Å². The van der Waals surface area contributed by atoms with Gasteiger partial charge in [0.15, 0.2) is 5.16 Å². The normalized spacial score (nSPS) is 10.9. The monoisotopic (exact) mass is 334 g/mol. The lowest BCUT2D eigenvalue weighted by Crippen LogP contribution is -2.21. The van der Waals surface area contributed by atoms with Gasteiger partial charge in [0.25, 0.3) is 5.56 Å². The molecule has 0 unspecified atom stereocenters. The molecule has 3 nitrogen and oxygen atoms in total. The quantitative estimate of drug-likeness (QED) is 0.527. The first-order valence-corrected chi connectivity index (χ1v) is 8.43. The van der Waals surface area contributed by atoms with E-state index < -0.39 is 0 Å². The minimum atomic E-state index is -0.0601. The van der Waals surface area contributed by atoms with Gasteiger partial charge in [0.05, 0.1) is 11.1 Å². The van der Waals surface area contributed by atoms with Gasteiger partial charge in [-0.1, -0.05) is 48.1 Å². The van der Waals surface area contributed by atoms with Gasteiger partial charge in [-0.25, -0.2) is 4.98 Å². The lowest BCUT2D eigenvalue weighted by molar-refractivity contribution is 0.823. The van der Waals surface area contributed by atoms with E-state index in [1.54, 1.807) is 4.57 Å². The molecule has 0 saturated carbocycles. The Kier molecular flexibility index (Phi) is 4.14. The summed E-state index contributed by atoms with van der Waals surface area (Å²) in [5, 5.41) is 3.67. The van der Waals surface area contributed by atoms with Crippen molar-refractivity contribution >= 4 is 44.9 Å². The average Bonchev–Trinajstić information content (AvgIpc) is 2.95. The van der Waals surface area contributed by atoms with Gasteiger partial charge >= 0.3 is 0 Å². The van der Waals surface area contributed by atoms with Crippen molar-refractivity contribution in [1.29, 1.82) is 0 Å². The molecule has 0 atom stereocenters. The Labute approximate surface area is 134 Å². The topological polar surface area (TPSA) is 34.9 Å². The van der Waals surface area contributed by atoms with Crippen LogP contribution >= 0.6 is 34.7 Å². The van der Waals surface area contributed by atoms with Gasteiger partial charge in [-0.3, -0.25) is 9.36 Å². The fourth-order valence-corrected chi connectivity index (χ4v) is 3.67. The molecule has 0 aliphatic carbocycles. The molecule has 0 N–H and O–H groups in total. The molecule has 0 amide bonds. The Balaban J connectivity index is 2.23. The number of rotatable bonds is 4. The second-order valence-corrected chi connectivity index (χ2v) is 6.69. The summed E-state index contributed by atoms with van der Waals surface area (Å²) in [6.07, 6.45) is 0. The number of halogens is 1. The zero-order valence-electron chi connectivity index (χ0n) is 11.0. The SMILES string of the molecule is C=C(Cl)CSc1nc2sccc2c(=O)n1-c1ccccc1. The van der Waals surface area contributed by atoms with Gasteiger partial charge in [-0.15, -0.1) is 11.3 Å². The molecule has 106 valence electrons. The largest absolute Gasteiger partial charge is 0.268 e. The molecular formula is C15H11ClN2OS2. The van der Waals surface area contributed by atoms with Crippen LogP contribution in [0.5, 0.6) is 0 Å². The van der Waals surface area contributed by atoms with Gasteiger partial charge in [0, 0.05) is 10.8 Å². The van der Waals surface area contributed by atoms with Gasteiger partial charge in [0.1, 0.15) is 4.83 Å². The molecule has 2 heterocycles. The van der Waals surface area contributed by atoms with Crippen molar-refractivity contribution in [3.8, 4) is 5.69 Å². The second kappa shape index (κ2) is 6.05. The minimum absolute atomic E-state index is 0.0601. The molecule has 2 aromatic heterocycles. The Hall–Kier alpha value is -1.56. The van der Waals surface area contributed by atoms with E-state index in [1.807, 2.05) is 41.8 Å². The molecule has 3 rings (SSSR count). The van der Waals surface area contributed by atoms with Gasteiger partial charge in [-0.05, 0) is 23.6 Å². The first-order valence-electron chi connectivity index (χ1n) is 6.18. The number of hydrogen-bond acceptors (Lipinski definition) is 4. The molecule has 0 bridgehead atoms.